The molecule has 0 saturated heterocycles. The summed E-state index contributed by atoms with van der Waals surface area (Å²) >= 11 is 0. The molecule has 1 fully saturated rings. The predicted octanol–water partition coefficient (Wildman–Crippen LogP) is 0.856. The minimum Gasteiger partial charge on any atom is -0.497 e. The van der Waals surface area contributed by atoms with Gasteiger partial charge in [-0.3, -0.25) is 0 Å². The molecule has 3 atom stereocenters. The average Bonchev–Trinajstić information content (AvgIpc) is 3.16. The number of methoxy groups -OCH3 is 1. The Kier molecular flexibility index (Phi) is 4.49. The van der Waals surface area contributed by atoms with Crippen molar-refractivity contribution in [1.29, 1.82) is 0 Å². The van der Waals surface area contributed by atoms with Gasteiger partial charge in [-0.2, -0.15) is 0 Å². The minimum absolute atomic E-state index is 0.0668. The van der Waals surface area contributed by atoms with Crippen LogP contribution < -0.4 is 10.5 Å². The fraction of sp³-hybridized carbons (Fsp3) is 0.533. The molecule has 0 amide bonds. The van der Waals surface area contributed by atoms with E-state index in [1.165, 1.54) is 0 Å². The van der Waals surface area contributed by atoms with Crippen LogP contribution in [0.3, 0.4) is 0 Å². The van der Waals surface area contributed by atoms with Gasteiger partial charge >= 0.3 is 5.97 Å². The molecule has 0 spiro atoms. The molecule has 0 bridgehead atoms. The van der Waals surface area contributed by atoms with Crippen molar-refractivity contribution in [1.82, 2.24) is 0 Å². The molecule has 1 aliphatic carbocycles. The molecule has 1 aromatic carbocycles. The molecule has 0 heterocycles. The van der Waals surface area contributed by atoms with Gasteiger partial charge in [0, 0.05) is 11.7 Å². The molecule has 0 radical (unpaired) electrons. The van der Waals surface area contributed by atoms with Crippen LogP contribution in [0, 0.1) is 0 Å². The molecule has 122 valence electrons. The van der Waals surface area contributed by atoms with E-state index in [0.29, 0.717) is 11.3 Å². The van der Waals surface area contributed by atoms with Gasteiger partial charge in [0.1, 0.15) is 11.3 Å². The fourth-order valence-electron chi connectivity index (χ4n) is 2.82. The van der Waals surface area contributed by atoms with Gasteiger partial charge in [-0.1, -0.05) is 19.1 Å². The molecule has 0 aromatic heterocycles. The van der Waals surface area contributed by atoms with Gasteiger partial charge in [-0.25, -0.2) is 13.2 Å². The molecule has 0 aliphatic heterocycles. The zero-order valence-corrected chi connectivity index (χ0v) is 13.7. The van der Waals surface area contributed by atoms with E-state index >= 15 is 0 Å². The summed E-state index contributed by atoms with van der Waals surface area (Å²) in [6.45, 7) is 3.37. The predicted molar refractivity (Wildman–Crippen MR) is 82.5 cm³/mol. The standard InChI is InChI=1S/C15H21NO5S/c1-4-21-14(17)15(16)12(13(15)22(18,19)5-2)10-6-8-11(20-3)9-7-10/h6-9,12-13H,4-5,16H2,1-3H3/t12-,13-,15-/m0/s1. The summed E-state index contributed by atoms with van der Waals surface area (Å²) < 4.78 is 34.6. The van der Waals surface area contributed by atoms with Crippen LogP contribution in [-0.4, -0.2) is 44.6 Å². The first-order valence-corrected chi connectivity index (χ1v) is 8.86. The summed E-state index contributed by atoms with van der Waals surface area (Å²) in [4.78, 5) is 12.2. The maximum atomic E-state index is 12.3. The summed E-state index contributed by atoms with van der Waals surface area (Å²) in [5.74, 6) is -0.679. The molecular formula is C15H21NO5S. The van der Waals surface area contributed by atoms with E-state index in [4.69, 9.17) is 15.2 Å². The van der Waals surface area contributed by atoms with Crippen molar-refractivity contribution in [3.8, 4) is 5.75 Å². The normalized spacial score (nSPS) is 27.3. The Balaban J connectivity index is 2.40. The highest BCUT2D eigenvalue weighted by molar-refractivity contribution is 7.92. The number of nitrogens with two attached hydrogens (primary N) is 1. The van der Waals surface area contributed by atoms with Gasteiger partial charge in [0.15, 0.2) is 9.84 Å². The average molecular weight is 327 g/mol. The van der Waals surface area contributed by atoms with Crippen LogP contribution in [0.5, 0.6) is 5.75 Å². The summed E-state index contributed by atoms with van der Waals surface area (Å²) in [5, 5.41) is -0.947. The SMILES string of the molecule is CCOC(=O)[C@]1(N)[C@@H](c2ccc(OC)cc2)[C@@H]1S(=O)(=O)CC. The van der Waals surface area contributed by atoms with Gasteiger partial charge in [0.25, 0.3) is 0 Å². The Bertz CT molecular complexity index is 655. The first-order valence-electron chi connectivity index (χ1n) is 7.14. The smallest absolute Gasteiger partial charge is 0.328 e. The highest BCUT2D eigenvalue weighted by Gasteiger charge is 2.74. The first-order chi connectivity index (χ1) is 10.3. The number of esters is 1. The zero-order chi connectivity index (χ0) is 16.5. The first kappa shape index (κ1) is 16.8. The monoisotopic (exact) mass is 327 g/mol. The molecule has 0 unspecified atom stereocenters. The lowest BCUT2D eigenvalue weighted by molar-refractivity contribution is -0.145. The lowest BCUT2D eigenvalue weighted by atomic mass is 10.1. The Morgan fingerprint density at radius 2 is 1.86 bits per heavy atom. The third kappa shape index (κ3) is 2.59. The van der Waals surface area contributed by atoms with E-state index in [2.05, 4.69) is 0 Å². The number of ether oxygens (including phenoxy) is 2. The quantitative estimate of drug-likeness (QED) is 0.779. The number of carbonyl (C=O) groups excluding carboxylic acids is 1. The second kappa shape index (κ2) is 5.89. The maximum Gasteiger partial charge on any atom is 0.328 e. The van der Waals surface area contributed by atoms with Crippen LogP contribution >= 0.6 is 0 Å². The number of sulfone groups is 1. The fourth-order valence-corrected chi connectivity index (χ4v) is 4.73. The van der Waals surface area contributed by atoms with Crippen molar-refractivity contribution >= 4 is 15.8 Å². The van der Waals surface area contributed by atoms with E-state index in [-0.39, 0.29) is 12.4 Å². The van der Waals surface area contributed by atoms with E-state index in [0.717, 1.165) is 0 Å². The Labute approximate surface area is 130 Å². The molecule has 7 heteroatoms. The van der Waals surface area contributed by atoms with Crippen LogP contribution in [-0.2, 0) is 19.4 Å². The van der Waals surface area contributed by atoms with Crippen LogP contribution in [0.4, 0.5) is 0 Å². The number of carbonyl (C=O) groups is 1. The molecule has 2 rings (SSSR count). The Morgan fingerprint density at radius 1 is 1.27 bits per heavy atom. The van der Waals surface area contributed by atoms with Crippen molar-refractivity contribution in [2.45, 2.75) is 30.6 Å². The summed E-state index contributed by atoms with van der Waals surface area (Å²) in [6, 6.07) is 6.90. The second-order valence-electron chi connectivity index (χ2n) is 5.28. The Morgan fingerprint density at radius 3 is 2.32 bits per heavy atom. The maximum absolute atomic E-state index is 12.3. The van der Waals surface area contributed by atoms with Gasteiger partial charge in [-0.15, -0.1) is 0 Å². The van der Waals surface area contributed by atoms with Crippen molar-refractivity contribution < 1.29 is 22.7 Å². The van der Waals surface area contributed by atoms with Crippen LogP contribution in [0.2, 0.25) is 0 Å². The lowest BCUT2D eigenvalue weighted by Crippen LogP contribution is -2.41. The molecule has 2 N–H and O–H groups in total. The van der Waals surface area contributed by atoms with E-state index in [9.17, 15) is 13.2 Å². The van der Waals surface area contributed by atoms with Gasteiger partial charge in [-0.05, 0) is 24.6 Å². The van der Waals surface area contributed by atoms with Crippen molar-refractivity contribution in [2.24, 2.45) is 5.73 Å². The van der Waals surface area contributed by atoms with E-state index in [1.807, 2.05) is 0 Å². The van der Waals surface area contributed by atoms with Gasteiger partial charge < -0.3 is 15.2 Å². The third-order valence-electron chi connectivity index (χ3n) is 4.07. The molecular weight excluding hydrogens is 306 g/mol. The number of benzene rings is 1. The summed E-state index contributed by atoms with van der Waals surface area (Å²) in [7, 11) is -1.92. The molecule has 6 nitrogen and oxygen atoms in total. The highest BCUT2D eigenvalue weighted by Crippen LogP contribution is 2.55. The molecule has 1 saturated carbocycles. The molecule has 1 aliphatic rings. The lowest BCUT2D eigenvalue weighted by Gasteiger charge is -2.11. The van der Waals surface area contributed by atoms with Crippen LogP contribution in [0.25, 0.3) is 0 Å². The van der Waals surface area contributed by atoms with Crippen molar-refractivity contribution in [3.05, 3.63) is 29.8 Å². The molecule has 22 heavy (non-hydrogen) atoms. The van der Waals surface area contributed by atoms with Gasteiger partial charge in [0.05, 0.1) is 19.0 Å². The van der Waals surface area contributed by atoms with E-state index < -0.39 is 32.5 Å². The largest absolute Gasteiger partial charge is 0.497 e. The number of hydrogen-bond donors (Lipinski definition) is 1. The zero-order valence-electron chi connectivity index (χ0n) is 12.9. The third-order valence-corrected chi connectivity index (χ3v) is 6.31. The highest BCUT2D eigenvalue weighted by atomic mass is 32.2. The topological polar surface area (TPSA) is 95.7 Å². The minimum atomic E-state index is -3.47. The molecule has 1 aromatic rings. The number of rotatable bonds is 6. The van der Waals surface area contributed by atoms with E-state index in [1.54, 1.807) is 45.2 Å². The second-order valence-corrected chi connectivity index (χ2v) is 7.69. The summed E-state index contributed by atoms with van der Waals surface area (Å²) in [5.41, 5.74) is 5.32. The van der Waals surface area contributed by atoms with Crippen LogP contribution in [0.1, 0.15) is 25.3 Å². The Hall–Kier alpha value is -1.60. The van der Waals surface area contributed by atoms with Crippen molar-refractivity contribution in [2.75, 3.05) is 19.5 Å². The van der Waals surface area contributed by atoms with Gasteiger partial charge in [0.2, 0.25) is 0 Å². The van der Waals surface area contributed by atoms with Crippen molar-refractivity contribution in [3.63, 3.8) is 0 Å². The van der Waals surface area contributed by atoms with Crippen LogP contribution in [0.15, 0.2) is 24.3 Å². The number of hydrogen-bond acceptors (Lipinski definition) is 6. The summed E-state index contributed by atoms with van der Waals surface area (Å²) in [6.07, 6.45) is 0.